The molecule has 6 heteroatoms. The number of rotatable bonds is 6. The van der Waals surface area contributed by atoms with Crippen molar-refractivity contribution in [1.29, 1.82) is 0 Å². The number of carbonyl (C=O) groups is 1. The number of hydrogen-bond acceptors (Lipinski definition) is 4. The third-order valence-electron chi connectivity index (χ3n) is 3.52. The van der Waals surface area contributed by atoms with E-state index in [9.17, 15) is 9.59 Å². The van der Waals surface area contributed by atoms with Crippen LogP contribution in [-0.4, -0.2) is 30.9 Å². The van der Waals surface area contributed by atoms with Crippen molar-refractivity contribution in [2.24, 2.45) is 0 Å². The zero-order valence-corrected chi connectivity index (χ0v) is 13.3. The van der Waals surface area contributed by atoms with E-state index in [4.69, 9.17) is 0 Å². The van der Waals surface area contributed by atoms with Gasteiger partial charge in [0, 0.05) is 49.3 Å². The van der Waals surface area contributed by atoms with Crippen molar-refractivity contribution in [3.05, 3.63) is 64.6 Å². The van der Waals surface area contributed by atoms with E-state index < -0.39 is 6.09 Å². The van der Waals surface area contributed by atoms with Gasteiger partial charge in [-0.15, -0.1) is 0 Å². The van der Waals surface area contributed by atoms with Crippen LogP contribution in [0.2, 0.25) is 0 Å². The summed E-state index contributed by atoms with van der Waals surface area (Å²) >= 11 is 0. The minimum atomic E-state index is -0.426. The molecular weight excluding hydrogens is 294 g/mol. The second kappa shape index (κ2) is 8.14. The Morgan fingerprint density at radius 3 is 2.39 bits per heavy atom. The molecule has 1 atom stereocenters. The van der Waals surface area contributed by atoms with Crippen LogP contribution >= 0.6 is 0 Å². The van der Waals surface area contributed by atoms with Crippen LogP contribution < -0.4 is 16.1 Å². The average Bonchev–Trinajstić information content (AvgIpc) is 2.59. The maximum Gasteiger partial charge on any atom is 0.406 e. The molecule has 1 heterocycles. The Balaban J connectivity index is 1.89. The molecule has 2 rings (SSSR count). The molecule has 2 aromatic rings. The third kappa shape index (κ3) is 4.96. The number of hydrogen-bond donors (Lipinski definition) is 2. The van der Waals surface area contributed by atoms with E-state index >= 15 is 0 Å². The lowest BCUT2D eigenvalue weighted by atomic mass is 10.1. The average molecular weight is 315 g/mol. The number of nitrogens with zero attached hydrogens (tertiary/aromatic N) is 1. The number of methoxy groups -OCH3 is 1. The van der Waals surface area contributed by atoms with Crippen LogP contribution in [0.25, 0.3) is 5.69 Å². The maximum atomic E-state index is 11.1. The molecule has 122 valence electrons. The van der Waals surface area contributed by atoms with Crippen LogP contribution in [-0.2, 0) is 4.74 Å². The summed E-state index contributed by atoms with van der Waals surface area (Å²) in [5.41, 5.74) is 2.14. The highest BCUT2D eigenvalue weighted by atomic mass is 16.5. The fourth-order valence-corrected chi connectivity index (χ4v) is 2.16. The van der Waals surface area contributed by atoms with Crippen molar-refractivity contribution < 1.29 is 9.53 Å². The minimum Gasteiger partial charge on any atom is -0.453 e. The van der Waals surface area contributed by atoms with Crippen LogP contribution in [0.1, 0.15) is 18.5 Å². The smallest absolute Gasteiger partial charge is 0.406 e. The number of nitrogens with one attached hydrogen (secondary N) is 2. The van der Waals surface area contributed by atoms with Crippen LogP contribution in [0.5, 0.6) is 0 Å². The van der Waals surface area contributed by atoms with Gasteiger partial charge in [-0.2, -0.15) is 0 Å². The number of aromatic nitrogens is 1. The van der Waals surface area contributed by atoms with Crippen molar-refractivity contribution in [3.63, 3.8) is 0 Å². The Morgan fingerprint density at radius 1 is 1.13 bits per heavy atom. The Kier molecular flexibility index (Phi) is 5.94. The number of pyridine rings is 1. The molecule has 0 aliphatic carbocycles. The van der Waals surface area contributed by atoms with Gasteiger partial charge in [0.15, 0.2) is 5.43 Å². The van der Waals surface area contributed by atoms with Gasteiger partial charge in [-0.1, -0.05) is 12.1 Å². The molecule has 0 aliphatic heterocycles. The lowest BCUT2D eigenvalue weighted by Crippen LogP contribution is -2.32. The number of ether oxygens (including phenoxy) is 1. The summed E-state index contributed by atoms with van der Waals surface area (Å²) in [6.45, 7) is 3.22. The van der Waals surface area contributed by atoms with Gasteiger partial charge >= 0.3 is 6.09 Å². The lowest BCUT2D eigenvalue weighted by molar-refractivity contribution is 0.171. The molecule has 1 aromatic carbocycles. The number of alkyl carbamates (subject to hydrolysis) is 1. The topological polar surface area (TPSA) is 72.4 Å². The van der Waals surface area contributed by atoms with Crippen LogP contribution in [0.15, 0.2) is 53.6 Å². The summed E-state index contributed by atoms with van der Waals surface area (Å²) in [5.74, 6) is 0. The van der Waals surface area contributed by atoms with Gasteiger partial charge < -0.3 is 19.9 Å². The first-order chi connectivity index (χ1) is 11.1. The molecule has 0 radical (unpaired) electrons. The van der Waals surface area contributed by atoms with E-state index in [1.54, 1.807) is 12.4 Å². The molecule has 1 amide bonds. The first kappa shape index (κ1) is 16.8. The van der Waals surface area contributed by atoms with E-state index in [0.717, 1.165) is 11.3 Å². The number of benzene rings is 1. The Bertz CT molecular complexity index is 674. The molecular formula is C17H21N3O3. The molecule has 1 unspecified atom stereocenters. The Labute approximate surface area is 135 Å². The zero-order valence-electron chi connectivity index (χ0n) is 13.3. The molecule has 0 saturated carbocycles. The molecule has 0 aliphatic rings. The summed E-state index contributed by atoms with van der Waals surface area (Å²) in [6.07, 6.45) is 3.07. The number of carbonyl (C=O) groups excluding carboxylic acids is 1. The highest BCUT2D eigenvalue weighted by Crippen LogP contribution is 2.15. The van der Waals surface area contributed by atoms with Crippen LogP contribution in [0.3, 0.4) is 0 Å². The highest BCUT2D eigenvalue weighted by molar-refractivity contribution is 5.66. The molecule has 0 spiro atoms. The molecule has 0 fully saturated rings. The van der Waals surface area contributed by atoms with Crippen molar-refractivity contribution >= 4 is 6.09 Å². The van der Waals surface area contributed by atoms with E-state index in [2.05, 4.69) is 22.3 Å². The summed E-state index contributed by atoms with van der Waals surface area (Å²) in [6, 6.07) is 11.3. The standard InChI is InChI=1S/C17H21N3O3/c1-13(18-9-10-19-17(22)23-2)14-3-5-15(6-4-14)20-11-7-16(21)8-12-20/h3-8,11-13,18H,9-10H2,1-2H3,(H,19,22). The zero-order chi connectivity index (χ0) is 16.7. The molecule has 0 bridgehead atoms. The largest absolute Gasteiger partial charge is 0.453 e. The van der Waals surface area contributed by atoms with Gasteiger partial charge in [0.2, 0.25) is 0 Å². The molecule has 2 N–H and O–H groups in total. The predicted molar refractivity (Wildman–Crippen MR) is 88.9 cm³/mol. The summed E-state index contributed by atoms with van der Waals surface area (Å²) in [7, 11) is 1.34. The van der Waals surface area contributed by atoms with Gasteiger partial charge in [0.1, 0.15) is 0 Å². The van der Waals surface area contributed by atoms with Gasteiger partial charge in [0.05, 0.1) is 7.11 Å². The Morgan fingerprint density at radius 2 is 1.78 bits per heavy atom. The molecule has 6 nitrogen and oxygen atoms in total. The van der Waals surface area contributed by atoms with E-state index in [1.807, 2.05) is 28.8 Å². The van der Waals surface area contributed by atoms with Crippen LogP contribution in [0.4, 0.5) is 4.79 Å². The fourth-order valence-electron chi connectivity index (χ4n) is 2.16. The fraction of sp³-hybridized carbons (Fsp3) is 0.294. The normalized spacial score (nSPS) is 11.7. The molecule has 1 aromatic heterocycles. The first-order valence-corrected chi connectivity index (χ1v) is 7.44. The SMILES string of the molecule is COC(=O)NCCNC(C)c1ccc(-n2ccc(=O)cc2)cc1. The van der Waals surface area contributed by atoms with Gasteiger partial charge in [-0.3, -0.25) is 4.79 Å². The predicted octanol–water partition coefficient (Wildman–Crippen LogP) is 1.84. The van der Waals surface area contributed by atoms with Crippen molar-refractivity contribution in [3.8, 4) is 5.69 Å². The maximum absolute atomic E-state index is 11.1. The quantitative estimate of drug-likeness (QED) is 0.798. The molecule has 23 heavy (non-hydrogen) atoms. The minimum absolute atomic E-state index is 0.00347. The lowest BCUT2D eigenvalue weighted by Gasteiger charge is -2.15. The van der Waals surface area contributed by atoms with Gasteiger partial charge in [-0.05, 0) is 24.6 Å². The Hall–Kier alpha value is -2.60. The summed E-state index contributed by atoms with van der Waals surface area (Å²) in [4.78, 5) is 22.1. The van der Waals surface area contributed by atoms with Gasteiger partial charge in [0.25, 0.3) is 0 Å². The van der Waals surface area contributed by atoms with Gasteiger partial charge in [-0.25, -0.2) is 4.79 Å². The van der Waals surface area contributed by atoms with Crippen LogP contribution in [0, 0.1) is 0 Å². The summed E-state index contributed by atoms with van der Waals surface area (Å²) < 4.78 is 6.40. The van der Waals surface area contributed by atoms with Crippen molar-refractivity contribution in [2.75, 3.05) is 20.2 Å². The van der Waals surface area contributed by atoms with E-state index in [1.165, 1.54) is 19.2 Å². The summed E-state index contributed by atoms with van der Waals surface area (Å²) in [5, 5.41) is 5.95. The molecule has 0 saturated heterocycles. The highest BCUT2D eigenvalue weighted by Gasteiger charge is 2.05. The number of amides is 1. The second-order valence-corrected chi connectivity index (χ2v) is 5.13. The second-order valence-electron chi connectivity index (χ2n) is 5.13. The van der Waals surface area contributed by atoms with E-state index in [-0.39, 0.29) is 11.5 Å². The monoisotopic (exact) mass is 315 g/mol. The van der Waals surface area contributed by atoms with E-state index in [0.29, 0.717) is 13.1 Å². The van der Waals surface area contributed by atoms with Crippen molar-refractivity contribution in [1.82, 2.24) is 15.2 Å². The van der Waals surface area contributed by atoms with Crippen molar-refractivity contribution in [2.45, 2.75) is 13.0 Å². The third-order valence-corrected chi connectivity index (χ3v) is 3.52. The first-order valence-electron chi connectivity index (χ1n) is 7.44.